The van der Waals surface area contributed by atoms with E-state index < -0.39 is 0 Å². The second-order valence-electron chi connectivity index (χ2n) is 6.23. The molecule has 0 aliphatic carbocycles. The zero-order valence-corrected chi connectivity index (χ0v) is 16.3. The Bertz CT molecular complexity index is 611. The lowest BCUT2D eigenvalue weighted by molar-refractivity contribution is 0.406. The van der Waals surface area contributed by atoms with Gasteiger partial charge in [0.05, 0.1) is 0 Å². The molecule has 0 aliphatic rings. The van der Waals surface area contributed by atoms with E-state index in [2.05, 4.69) is 74.5 Å². The van der Waals surface area contributed by atoms with E-state index in [0.29, 0.717) is 0 Å². The molecule has 0 bridgehead atoms. The number of nitrogens with one attached hydrogen (secondary N) is 2. The Morgan fingerprint density at radius 3 is 1.26 bits per heavy atom. The predicted molar refractivity (Wildman–Crippen MR) is 110 cm³/mol. The van der Waals surface area contributed by atoms with Gasteiger partial charge in [-0.05, 0) is 24.0 Å². The monoisotopic (exact) mass is 366 g/mol. The highest BCUT2D eigenvalue weighted by atomic mass is 16.1. The molecule has 0 heterocycles. The van der Waals surface area contributed by atoms with Crippen molar-refractivity contribution in [1.29, 1.82) is 10.8 Å². The Morgan fingerprint density at radius 1 is 0.704 bits per heavy atom. The van der Waals surface area contributed by atoms with E-state index in [1.54, 1.807) is 0 Å². The van der Waals surface area contributed by atoms with Crippen molar-refractivity contribution in [2.45, 2.75) is 57.8 Å². The van der Waals surface area contributed by atoms with Crippen LogP contribution in [0.4, 0.5) is 0 Å². The third kappa shape index (κ3) is 8.42. The molecule has 0 radical (unpaired) electrons. The van der Waals surface area contributed by atoms with Gasteiger partial charge >= 0.3 is 0 Å². The van der Waals surface area contributed by atoms with E-state index >= 15 is 0 Å². The second-order valence-corrected chi connectivity index (χ2v) is 6.23. The number of carbonyl (C=O) groups excluding carboxylic acids is 2. The molecule has 0 unspecified atom stereocenters. The summed E-state index contributed by atoms with van der Waals surface area (Å²) in [7, 11) is 0. The van der Waals surface area contributed by atoms with Crippen LogP contribution >= 0.6 is 0 Å². The van der Waals surface area contributed by atoms with E-state index in [9.17, 15) is 0 Å². The first-order valence-corrected chi connectivity index (χ1v) is 9.35. The van der Waals surface area contributed by atoms with Crippen molar-refractivity contribution in [3.05, 3.63) is 71.8 Å². The molecular weight excluding hydrogens is 336 g/mol. The fourth-order valence-electron chi connectivity index (χ4n) is 3.34. The Morgan fingerprint density at radius 2 is 1.00 bits per heavy atom. The molecule has 0 spiro atoms. The normalized spacial score (nSPS) is 9.56. The van der Waals surface area contributed by atoms with Gasteiger partial charge in [-0.15, -0.1) is 0 Å². The minimum Gasteiger partial charge on any atom is -0.222 e. The molecule has 2 rings (SSSR count). The quantitative estimate of drug-likeness (QED) is 0.433. The molecule has 0 fully saturated rings. The van der Waals surface area contributed by atoms with Crippen molar-refractivity contribution in [3.63, 3.8) is 0 Å². The second kappa shape index (κ2) is 15.5. The summed E-state index contributed by atoms with van der Waals surface area (Å²) in [6, 6.07) is 22.3. The van der Waals surface area contributed by atoms with Crippen molar-refractivity contribution >= 4 is 12.2 Å². The van der Waals surface area contributed by atoms with Crippen molar-refractivity contribution in [2.24, 2.45) is 0 Å². The van der Waals surface area contributed by atoms with Gasteiger partial charge < -0.3 is 0 Å². The molecule has 0 saturated heterocycles. The van der Waals surface area contributed by atoms with Crippen LogP contribution in [0, 0.1) is 10.8 Å². The fourth-order valence-corrected chi connectivity index (χ4v) is 3.34. The number of hydrogen-bond acceptors (Lipinski definition) is 4. The standard InChI is InChI=1S/C21H28.2CHNO/c1-3-5-17-21(18-6-4-2,19-13-9-7-10-14-19)20-15-11-8-12-16-20;2*2-1-3/h7-16H,3-6,17-18H2,1-2H3;2*2H. The SMILES string of the molecule is CCCCC(CCCC)(c1ccccc1)c1ccccc1.N=C=O.N=C=O. The predicted octanol–water partition coefficient (Wildman–Crippen LogP) is 6.16. The molecule has 0 atom stereocenters. The summed E-state index contributed by atoms with van der Waals surface area (Å²) < 4.78 is 0. The molecule has 0 amide bonds. The van der Waals surface area contributed by atoms with Crippen LogP contribution in [0.15, 0.2) is 60.7 Å². The Balaban J connectivity index is 0.000000997. The van der Waals surface area contributed by atoms with Crippen LogP contribution < -0.4 is 0 Å². The van der Waals surface area contributed by atoms with Crippen LogP contribution in [0.5, 0.6) is 0 Å². The van der Waals surface area contributed by atoms with Gasteiger partial charge in [-0.2, -0.15) is 0 Å². The number of isocyanates is 2. The van der Waals surface area contributed by atoms with E-state index in [-0.39, 0.29) is 5.41 Å². The van der Waals surface area contributed by atoms with Gasteiger partial charge in [-0.1, -0.05) is 100 Å². The Kier molecular flexibility index (Phi) is 13.9. The first-order chi connectivity index (χ1) is 13.2. The number of hydrogen-bond donors (Lipinski definition) is 2. The summed E-state index contributed by atoms with van der Waals surface area (Å²) >= 11 is 0. The van der Waals surface area contributed by atoms with Gasteiger partial charge in [-0.3, -0.25) is 0 Å². The minimum atomic E-state index is 0.189. The third-order valence-corrected chi connectivity index (χ3v) is 4.57. The van der Waals surface area contributed by atoms with Gasteiger partial charge in [-0.25, -0.2) is 20.4 Å². The highest BCUT2D eigenvalue weighted by molar-refractivity contribution is 5.39. The van der Waals surface area contributed by atoms with Gasteiger partial charge in [0.2, 0.25) is 12.2 Å². The summed E-state index contributed by atoms with van der Waals surface area (Å²) in [5.74, 6) is 0. The average molecular weight is 367 g/mol. The Hall–Kier alpha value is -2.80. The molecule has 27 heavy (non-hydrogen) atoms. The van der Waals surface area contributed by atoms with Crippen LogP contribution in [0.25, 0.3) is 0 Å². The summed E-state index contributed by atoms with van der Waals surface area (Å²) in [6.07, 6.45) is 9.08. The van der Waals surface area contributed by atoms with Crippen LogP contribution in [0.2, 0.25) is 0 Å². The number of benzene rings is 2. The van der Waals surface area contributed by atoms with Gasteiger partial charge in [0.1, 0.15) is 0 Å². The lowest BCUT2D eigenvalue weighted by Crippen LogP contribution is -2.28. The summed E-state index contributed by atoms with van der Waals surface area (Å²) in [4.78, 5) is 16.7. The molecule has 4 nitrogen and oxygen atoms in total. The molecular formula is C23H30N2O2. The minimum absolute atomic E-state index is 0.189. The van der Waals surface area contributed by atoms with Crippen molar-refractivity contribution in [1.82, 2.24) is 0 Å². The third-order valence-electron chi connectivity index (χ3n) is 4.57. The molecule has 2 aromatic carbocycles. The molecule has 2 aromatic rings. The average Bonchev–Trinajstić information content (AvgIpc) is 2.71. The number of unbranched alkanes of at least 4 members (excludes halogenated alkanes) is 2. The Labute approximate surface area is 162 Å². The van der Waals surface area contributed by atoms with Gasteiger partial charge in [0, 0.05) is 5.41 Å². The zero-order chi connectivity index (χ0) is 20.4. The van der Waals surface area contributed by atoms with E-state index in [4.69, 9.17) is 20.4 Å². The zero-order valence-electron chi connectivity index (χ0n) is 16.3. The smallest absolute Gasteiger partial charge is 0.222 e. The summed E-state index contributed by atoms with van der Waals surface area (Å²) in [5.41, 5.74) is 3.16. The molecule has 0 saturated carbocycles. The van der Waals surface area contributed by atoms with Crippen molar-refractivity contribution in [3.8, 4) is 0 Å². The molecule has 0 aromatic heterocycles. The maximum atomic E-state index is 8.35. The fraction of sp³-hybridized carbons (Fsp3) is 0.391. The van der Waals surface area contributed by atoms with E-state index in [0.717, 1.165) is 12.2 Å². The maximum absolute atomic E-state index is 8.35. The highest BCUT2D eigenvalue weighted by Crippen LogP contribution is 2.41. The lowest BCUT2D eigenvalue weighted by Gasteiger charge is -2.35. The summed E-state index contributed by atoms with van der Waals surface area (Å²) in [6.45, 7) is 4.58. The largest absolute Gasteiger partial charge is 0.231 e. The van der Waals surface area contributed by atoms with Crippen LogP contribution in [-0.2, 0) is 15.0 Å². The highest BCUT2D eigenvalue weighted by Gasteiger charge is 2.32. The number of rotatable bonds is 8. The van der Waals surface area contributed by atoms with Gasteiger partial charge in [0.25, 0.3) is 0 Å². The first-order valence-electron chi connectivity index (χ1n) is 9.35. The topological polar surface area (TPSA) is 81.8 Å². The molecule has 144 valence electrons. The maximum Gasteiger partial charge on any atom is 0.231 e. The van der Waals surface area contributed by atoms with E-state index in [1.807, 2.05) is 0 Å². The molecule has 4 heteroatoms. The molecule has 2 N–H and O–H groups in total. The van der Waals surface area contributed by atoms with Crippen LogP contribution in [0.3, 0.4) is 0 Å². The van der Waals surface area contributed by atoms with Crippen LogP contribution in [-0.4, -0.2) is 12.2 Å². The van der Waals surface area contributed by atoms with Crippen molar-refractivity contribution < 1.29 is 9.59 Å². The molecule has 0 aliphatic heterocycles. The van der Waals surface area contributed by atoms with Crippen LogP contribution in [0.1, 0.15) is 63.5 Å². The lowest BCUT2D eigenvalue weighted by atomic mass is 9.68. The van der Waals surface area contributed by atoms with Gasteiger partial charge in [0.15, 0.2) is 0 Å². The first kappa shape index (κ1) is 24.2. The van der Waals surface area contributed by atoms with E-state index in [1.165, 1.54) is 49.7 Å². The van der Waals surface area contributed by atoms with Crippen molar-refractivity contribution in [2.75, 3.05) is 0 Å². The summed E-state index contributed by atoms with van der Waals surface area (Å²) in [5, 5.41) is 10.8.